The minimum absolute atomic E-state index is 0.116. The number of nitrogens with zero attached hydrogens (tertiary/aromatic N) is 2. The van der Waals surface area contributed by atoms with Crippen LogP contribution in [-0.2, 0) is 22.7 Å². The Balaban J connectivity index is 1.73. The fraction of sp³-hybridized carbons (Fsp3) is 0.105. The molecular formula is C19H17N3O4. The number of benzene rings is 2. The molecule has 0 fully saturated rings. The molecule has 26 heavy (non-hydrogen) atoms. The van der Waals surface area contributed by atoms with E-state index in [4.69, 9.17) is 9.84 Å². The predicted octanol–water partition coefficient (Wildman–Crippen LogP) is 3.38. The van der Waals surface area contributed by atoms with Crippen LogP contribution >= 0.6 is 0 Å². The molecule has 0 atom stereocenters. The highest BCUT2D eigenvalue weighted by Crippen LogP contribution is 2.22. The first-order valence-electron chi connectivity index (χ1n) is 7.94. The van der Waals surface area contributed by atoms with Crippen molar-refractivity contribution in [2.75, 3.05) is 5.32 Å². The van der Waals surface area contributed by atoms with E-state index >= 15 is 0 Å². The van der Waals surface area contributed by atoms with E-state index in [1.165, 1.54) is 4.68 Å². The summed E-state index contributed by atoms with van der Waals surface area (Å²) in [5, 5.41) is 15.9. The maximum Gasteiger partial charge on any atom is 0.413 e. The summed E-state index contributed by atoms with van der Waals surface area (Å²) in [7, 11) is 0. The Hall–Kier alpha value is -3.61. The molecule has 132 valence electrons. The minimum Gasteiger partial charge on any atom is -0.480 e. The van der Waals surface area contributed by atoms with Crippen LogP contribution in [0.3, 0.4) is 0 Å². The van der Waals surface area contributed by atoms with Gasteiger partial charge in [-0.1, -0.05) is 60.7 Å². The summed E-state index contributed by atoms with van der Waals surface area (Å²) in [5.74, 6) is -0.808. The smallest absolute Gasteiger partial charge is 0.413 e. The van der Waals surface area contributed by atoms with Gasteiger partial charge in [0.2, 0.25) is 0 Å². The molecule has 0 spiro atoms. The Kier molecular flexibility index (Phi) is 5.28. The van der Waals surface area contributed by atoms with Crippen molar-refractivity contribution in [2.24, 2.45) is 0 Å². The number of rotatable bonds is 6. The topological polar surface area (TPSA) is 93.5 Å². The Morgan fingerprint density at radius 1 is 1.04 bits per heavy atom. The van der Waals surface area contributed by atoms with Crippen molar-refractivity contribution in [1.29, 1.82) is 0 Å². The molecular weight excluding hydrogens is 334 g/mol. The minimum atomic E-state index is -1.06. The van der Waals surface area contributed by atoms with Gasteiger partial charge in [0.05, 0.1) is 5.69 Å². The van der Waals surface area contributed by atoms with Gasteiger partial charge in [0.15, 0.2) is 0 Å². The average Bonchev–Trinajstić information content (AvgIpc) is 3.03. The zero-order chi connectivity index (χ0) is 18.4. The van der Waals surface area contributed by atoms with Crippen LogP contribution < -0.4 is 5.32 Å². The first-order chi connectivity index (χ1) is 12.6. The lowest BCUT2D eigenvalue weighted by Gasteiger charge is -2.08. The van der Waals surface area contributed by atoms with E-state index < -0.39 is 12.1 Å². The van der Waals surface area contributed by atoms with Gasteiger partial charge in [-0.2, -0.15) is 5.10 Å². The van der Waals surface area contributed by atoms with E-state index in [2.05, 4.69) is 10.4 Å². The monoisotopic (exact) mass is 351 g/mol. The molecule has 2 N–H and O–H groups in total. The summed E-state index contributed by atoms with van der Waals surface area (Å²) < 4.78 is 6.39. The molecule has 7 nitrogen and oxygen atoms in total. The number of carbonyl (C=O) groups is 2. The maximum absolute atomic E-state index is 12.0. The summed E-state index contributed by atoms with van der Waals surface area (Å²) in [6, 6.07) is 20.2. The van der Waals surface area contributed by atoms with Gasteiger partial charge in [-0.15, -0.1) is 0 Å². The predicted molar refractivity (Wildman–Crippen MR) is 95.5 cm³/mol. The zero-order valence-corrected chi connectivity index (χ0v) is 13.8. The standard InChI is InChI=1S/C19H17N3O4/c23-18(24)12-22-17(11-16(21-22)15-9-5-2-6-10-15)20-19(25)26-13-14-7-3-1-4-8-14/h1-11H,12-13H2,(H,20,25)(H,23,24). The van der Waals surface area contributed by atoms with Crippen molar-refractivity contribution >= 4 is 17.9 Å². The van der Waals surface area contributed by atoms with Gasteiger partial charge >= 0.3 is 12.1 Å². The first-order valence-corrected chi connectivity index (χ1v) is 7.94. The molecule has 2 aromatic carbocycles. The number of nitrogens with one attached hydrogen (secondary N) is 1. The molecule has 0 bridgehead atoms. The lowest BCUT2D eigenvalue weighted by Crippen LogP contribution is -2.19. The van der Waals surface area contributed by atoms with Gasteiger partial charge in [-0.3, -0.25) is 10.1 Å². The Morgan fingerprint density at radius 3 is 2.35 bits per heavy atom. The van der Waals surface area contributed by atoms with Crippen LogP contribution in [0.2, 0.25) is 0 Å². The molecule has 0 aliphatic rings. The SMILES string of the molecule is O=C(O)Cn1nc(-c2ccccc2)cc1NC(=O)OCc1ccccc1. The van der Waals surface area contributed by atoms with Crippen LogP contribution in [0.5, 0.6) is 0 Å². The van der Waals surface area contributed by atoms with Crippen LogP contribution in [-0.4, -0.2) is 26.9 Å². The first kappa shape index (κ1) is 17.2. The molecule has 1 heterocycles. The zero-order valence-electron chi connectivity index (χ0n) is 13.8. The number of aromatic nitrogens is 2. The second kappa shape index (κ2) is 7.98. The second-order valence-electron chi connectivity index (χ2n) is 5.52. The number of hydrogen-bond donors (Lipinski definition) is 2. The van der Waals surface area contributed by atoms with Crippen molar-refractivity contribution in [3.8, 4) is 11.3 Å². The summed E-state index contributed by atoms with van der Waals surface area (Å²) in [4.78, 5) is 23.1. The quantitative estimate of drug-likeness (QED) is 0.710. The van der Waals surface area contributed by atoms with E-state index in [9.17, 15) is 9.59 Å². The molecule has 3 rings (SSSR count). The Morgan fingerprint density at radius 2 is 1.69 bits per heavy atom. The maximum atomic E-state index is 12.0. The number of ether oxygens (including phenoxy) is 1. The molecule has 0 aliphatic heterocycles. The van der Waals surface area contributed by atoms with Gasteiger partial charge in [-0.25, -0.2) is 9.48 Å². The number of carboxylic acids is 1. The number of hydrogen-bond acceptors (Lipinski definition) is 4. The average molecular weight is 351 g/mol. The van der Waals surface area contributed by atoms with E-state index in [0.29, 0.717) is 5.69 Å². The number of carboxylic acid groups (broad SMARTS) is 1. The van der Waals surface area contributed by atoms with Crippen molar-refractivity contribution in [3.63, 3.8) is 0 Å². The molecule has 1 amide bonds. The van der Waals surface area contributed by atoms with Crippen molar-refractivity contribution in [1.82, 2.24) is 9.78 Å². The number of amides is 1. The van der Waals surface area contributed by atoms with Crippen LogP contribution in [0.1, 0.15) is 5.56 Å². The Bertz CT molecular complexity index is 892. The number of anilines is 1. The highest BCUT2D eigenvalue weighted by atomic mass is 16.5. The normalized spacial score (nSPS) is 10.3. The highest BCUT2D eigenvalue weighted by Gasteiger charge is 2.15. The van der Waals surface area contributed by atoms with E-state index in [0.717, 1.165) is 11.1 Å². The fourth-order valence-electron chi connectivity index (χ4n) is 2.38. The fourth-order valence-corrected chi connectivity index (χ4v) is 2.38. The van der Waals surface area contributed by atoms with E-state index in [1.807, 2.05) is 60.7 Å². The lowest BCUT2D eigenvalue weighted by atomic mass is 10.2. The van der Waals surface area contributed by atoms with E-state index in [-0.39, 0.29) is 19.0 Å². The summed E-state index contributed by atoms with van der Waals surface area (Å²) in [6.45, 7) is -0.258. The van der Waals surface area contributed by atoms with Gasteiger partial charge in [-0.05, 0) is 5.56 Å². The number of carbonyl (C=O) groups excluding carboxylic acids is 1. The third kappa shape index (κ3) is 4.47. The third-order valence-electron chi connectivity index (χ3n) is 3.58. The lowest BCUT2D eigenvalue weighted by molar-refractivity contribution is -0.137. The summed E-state index contributed by atoms with van der Waals surface area (Å²) >= 11 is 0. The van der Waals surface area contributed by atoms with Crippen molar-refractivity contribution < 1.29 is 19.4 Å². The molecule has 0 aliphatic carbocycles. The van der Waals surface area contributed by atoms with Crippen LogP contribution in [0.25, 0.3) is 11.3 Å². The molecule has 3 aromatic rings. The van der Waals surface area contributed by atoms with Gasteiger partial charge in [0, 0.05) is 11.6 Å². The summed E-state index contributed by atoms with van der Waals surface area (Å²) in [5.41, 5.74) is 2.23. The Labute approximate surface area is 149 Å². The number of aliphatic carboxylic acids is 1. The molecule has 0 saturated carbocycles. The van der Waals surface area contributed by atoms with Crippen LogP contribution in [0.15, 0.2) is 66.7 Å². The van der Waals surface area contributed by atoms with Crippen molar-refractivity contribution in [3.05, 3.63) is 72.3 Å². The van der Waals surface area contributed by atoms with Gasteiger partial charge in [0.1, 0.15) is 19.0 Å². The molecule has 0 saturated heterocycles. The second-order valence-corrected chi connectivity index (χ2v) is 5.52. The van der Waals surface area contributed by atoms with Gasteiger partial charge < -0.3 is 9.84 Å². The molecule has 7 heteroatoms. The van der Waals surface area contributed by atoms with Gasteiger partial charge in [0.25, 0.3) is 0 Å². The van der Waals surface area contributed by atoms with Crippen molar-refractivity contribution in [2.45, 2.75) is 13.2 Å². The molecule has 0 radical (unpaired) electrons. The highest BCUT2D eigenvalue weighted by molar-refractivity contribution is 5.85. The molecule has 1 aromatic heterocycles. The summed E-state index contributed by atoms with van der Waals surface area (Å²) in [6.07, 6.45) is -0.681. The van der Waals surface area contributed by atoms with Crippen LogP contribution in [0.4, 0.5) is 10.6 Å². The van der Waals surface area contributed by atoms with Crippen LogP contribution in [0, 0.1) is 0 Å². The van der Waals surface area contributed by atoms with E-state index in [1.54, 1.807) is 6.07 Å². The largest absolute Gasteiger partial charge is 0.480 e. The third-order valence-corrected chi connectivity index (χ3v) is 3.58. The molecule has 0 unspecified atom stereocenters.